The summed E-state index contributed by atoms with van der Waals surface area (Å²) in [6.07, 6.45) is 1.82. The van der Waals surface area contributed by atoms with Crippen molar-refractivity contribution in [1.29, 1.82) is 0 Å². The molecule has 0 aliphatic carbocycles. The summed E-state index contributed by atoms with van der Waals surface area (Å²) in [6.45, 7) is 5.12. The van der Waals surface area contributed by atoms with Gasteiger partial charge in [-0.25, -0.2) is 13.8 Å². The molecule has 28 heavy (non-hydrogen) atoms. The largest absolute Gasteiger partial charge is 0.357 e. The lowest BCUT2D eigenvalue weighted by Gasteiger charge is -2.33. The summed E-state index contributed by atoms with van der Waals surface area (Å²) in [4.78, 5) is 19.8. The van der Waals surface area contributed by atoms with Gasteiger partial charge in [0, 0.05) is 46.3 Å². The number of likely N-dealkylation sites (tertiary alicyclic amines) is 1. The van der Waals surface area contributed by atoms with E-state index in [1.165, 1.54) is 17.0 Å². The highest BCUT2D eigenvalue weighted by molar-refractivity contribution is 14.0. The summed E-state index contributed by atoms with van der Waals surface area (Å²) in [6, 6.07) is 4.32. The predicted octanol–water partition coefficient (Wildman–Crippen LogP) is 2.19. The minimum absolute atomic E-state index is 0. The van der Waals surface area contributed by atoms with Gasteiger partial charge in [-0.3, -0.25) is 9.69 Å². The lowest BCUT2D eigenvalue weighted by atomic mass is 10.0. The molecule has 1 aliphatic heterocycles. The lowest BCUT2D eigenvalue weighted by Crippen LogP contribution is -2.48. The Morgan fingerprint density at radius 3 is 2.50 bits per heavy atom. The molecular formula is C19H30F2IN5O. The van der Waals surface area contributed by atoms with E-state index in [9.17, 15) is 13.6 Å². The van der Waals surface area contributed by atoms with Crippen LogP contribution in [0.15, 0.2) is 23.2 Å². The summed E-state index contributed by atoms with van der Waals surface area (Å²) in [5.74, 6) is -1.02. The van der Waals surface area contributed by atoms with Crippen molar-refractivity contribution in [3.63, 3.8) is 0 Å². The van der Waals surface area contributed by atoms with Gasteiger partial charge in [-0.2, -0.15) is 0 Å². The quantitative estimate of drug-likeness (QED) is 0.351. The van der Waals surface area contributed by atoms with Gasteiger partial charge in [0.15, 0.2) is 17.6 Å². The van der Waals surface area contributed by atoms with E-state index in [1.54, 1.807) is 20.2 Å². The van der Waals surface area contributed by atoms with Crippen LogP contribution < -0.4 is 10.6 Å². The van der Waals surface area contributed by atoms with Crippen molar-refractivity contribution in [2.75, 3.05) is 40.3 Å². The molecule has 0 spiro atoms. The molecule has 1 fully saturated rings. The number of hydrogen-bond acceptors (Lipinski definition) is 3. The summed E-state index contributed by atoms with van der Waals surface area (Å²) >= 11 is 0. The smallest absolute Gasteiger partial charge is 0.243 e. The molecule has 0 atom stereocenters. The Morgan fingerprint density at radius 1 is 1.25 bits per heavy atom. The van der Waals surface area contributed by atoms with Crippen LogP contribution in [0, 0.1) is 11.6 Å². The Kier molecular flexibility index (Phi) is 10.7. The monoisotopic (exact) mass is 509 g/mol. The van der Waals surface area contributed by atoms with Crippen LogP contribution in [0.3, 0.4) is 0 Å². The Bertz CT molecular complexity index is 664. The van der Waals surface area contributed by atoms with E-state index in [-0.39, 0.29) is 42.5 Å². The van der Waals surface area contributed by atoms with E-state index in [4.69, 9.17) is 0 Å². The molecule has 2 rings (SSSR count). The van der Waals surface area contributed by atoms with Crippen molar-refractivity contribution >= 4 is 35.8 Å². The predicted molar refractivity (Wildman–Crippen MR) is 118 cm³/mol. The van der Waals surface area contributed by atoms with Crippen LogP contribution in [0.25, 0.3) is 0 Å². The summed E-state index contributed by atoms with van der Waals surface area (Å²) in [5, 5.41) is 6.55. The number of carbonyl (C=O) groups excluding carboxylic acids is 1. The van der Waals surface area contributed by atoms with Gasteiger partial charge in [-0.05, 0) is 37.5 Å². The highest BCUT2D eigenvalue weighted by Crippen LogP contribution is 2.15. The number of piperidine rings is 1. The van der Waals surface area contributed by atoms with Crippen LogP contribution in [-0.4, -0.2) is 68.0 Å². The molecule has 1 aromatic rings. The number of hydrogen-bond donors (Lipinski definition) is 2. The van der Waals surface area contributed by atoms with Crippen LogP contribution in [0.2, 0.25) is 0 Å². The van der Waals surface area contributed by atoms with Crippen LogP contribution in [-0.2, 0) is 11.3 Å². The van der Waals surface area contributed by atoms with Gasteiger partial charge in [0.25, 0.3) is 0 Å². The average molecular weight is 509 g/mol. The first-order valence-electron chi connectivity index (χ1n) is 9.30. The fourth-order valence-electron chi connectivity index (χ4n) is 2.93. The van der Waals surface area contributed by atoms with Crippen molar-refractivity contribution in [3.8, 4) is 0 Å². The standard InChI is InChI=1S/C19H29F2N5O.HI/c1-4-22-19(23-12-18(27)25(2)3)24-15-7-9-26(10-8-15)13-14-5-6-16(20)17(21)11-14;/h5-6,11,15H,4,7-10,12-13H2,1-3H3,(H2,22,23,24);1H. The average Bonchev–Trinajstić information content (AvgIpc) is 2.64. The summed E-state index contributed by atoms with van der Waals surface area (Å²) < 4.78 is 26.4. The number of carbonyl (C=O) groups is 1. The number of benzene rings is 1. The van der Waals surface area contributed by atoms with Crippen molar-refractivity contribution in [2.24, 2.45) is 4.99 Å². The third-order valence-electron chi connectivity index (χ3n) is 4.53. The molecule has 2 N–H and O–H groups in total. The zero-order valence-corrected chi connectivity index (χ0v) is 19.0. The van der Waals surface area contributed by atoms with E-state index in [0.717, 1.165) is 38.0 Å². The Balaban J connectivity index is 0.00000392. The van der Waals surface area contributed by atoms with Gasteiger partial charge < -0.3 is 15.5 Å². The number of likely N-dealkylation sites (N-methyl/N-ethyl adjacent to an activating group) is 1. The molecule has 1 aliphatic rings. The molecule has 9 heteroatoms. The fourth-order valence-corrected chi connectivity index (χ4v) is 2.93. The minimum Gasteiger partial charge on any atom is -0.357 e. The van der Waals surface area contributed by atoms with E-state index >= 15 is 0 Å². The van der Waals surface area contributed by atoms with Crippen LogP contribution in [0.1, 0.15) is 25.3 Å². The number of guanidine groups is 1. The molecule has 1 amide bonds. The summed E-state index contributed by atoms with van der Waals surface area (Å²) in [5.41, 5.74) is 0.775. The van der Waals surface area contributed by atoms with Crippen LogP contribution in [0.5, 0.6) is 0 Å². The number of nitrogens with one attached hydrogen (secondary N) is 2. The third kappa shape index (κ3) is 7.86. The highest BCUT2D eigenvalue weighted by Gasteiger charge is 2.20. The molecule has 158 valence electrons. The molecule has 6 nitrogen and oxygen atoms in total. The van der Waals surface area contributed by atoms with E-state index in [1.807, 2.05) is 6.92 Å². The first kappa shape index (κ1) is 24.5. The second-order valence-electron chi connectivity index (χ2n) is 6.93. The molecule has 0 aromatic heterocycles. The maximum atomic E-state index is 13.3. The number of nitrogens with zero attached hydrogens (tertiary/aromatic N) is 3. The van der Waals surface area contributed by atoms with Crippen LogP contribution in [0.4, 0.5) is 8.78 Å². The second kappa shape index (κ2) is 12.2. The molecule has 1 aromatic carbocycles. The Labute approximate surface area is 182 Å². The van der Waals surface area contributed by atoms with Gasteiger partial charge in [0.1, 0.15) is 6.54 Å². The van der Waals surface area contributed by atoms with Gasteiger partial charge in [0.05, 0.1) is 0 Å². The third-order valence-corrected chi connectivity index (χ3v) is 4.53. The van der Waals surface area contributed by atoms with E-state index < -0.39 is 11.6 Å². The van der Waals surface area contributed by atoms with Gasteiger partial charge >= 0.3 is 0 Å². The number of halogens is 3. The molecule has 1 saturated heterocycles. The van der Waals surface area contributed by atoms with Crippen LogP contribution >= 0.6 is 24.0 Å². The normalized spacial score (nSPS) is 15.7. The minimum atomic E-state index is -0.815. The Hall–Kier alpha value is -1.49. The first-order chi connectivity index (χ1) is 12.9. The molecule has 0 radical (unpaired) electrons. The maximum Gasteiger partial charge on any atom is 0.243 e. The number of aliphatic imine (C=N–C) groups is 1. The topological polar surface area (TPSA) is 60.0 Å². The second-order valence-corrected chi connectivity index (χ2v) is 6.93. The fraction of sp³-hybridized carbons (Fsp3) is 0.579. The zero-order chi connectivity index (χ0) is 19.8. The SMILES string of the molecule is CCNC(=NCC(=O)N(C)C)NC1CCN(Cc2ccc(F)c(F)c2)CC1.I. The first-order valence-corrected chi connectivity index (χ1v) is 9.30. The van der Waals surface area contributed by atoms with Crippen molar-refractivity contribution < 1.29 is 13.6 Å². The molecule has 0 unspecified atom stereocenters. The van der Waals surface area contributed by atoms with Gasteiger partial charge in [-0.15, -0.1) is 24.0 Å². The van der Waals surface area contributed by atoms with Gasteiger partial charge in [-0.1, -0.05) is 6.07 Å². The summed E-state index contributed by atoms with van der Waals surface area (Å²) in [7, 11) is 3.42. The molecule has 0 bridgehead atoms. The molecule has 0 saturated carbocycles. The Morgan fingerprint density at radius 2 is 1.93 bits per heavy atom. The number of rotatable bonds is 6. The van der Waals surface area contributed by atoms with Crippen molar-refractivity contribution in [1.82, 2.24) is 20.4 Å². The maximum absolute atomic E-state index is 13.3. The van der Waals surface area contributed by atoms with E-state index in [0.29, 0.717) is 12.5 Å². The molecular weight excluding hydrogens is 479 g/mol. The molecule has 1 heterocycles. The van der Waals surface area contributed by atoms with Gasteiger partial charge in [0.2, 0.25) is 5.91 Å². The number of amides is 1. The van der Waals surface area contributed by atoms with Crippen molar-refractivity contribution in [2.45, 2.75) is 32.4 Å². The van der Waals surface area contributed by atoms with E-state index in [2.05, 4.69) is 20.5 Å². The lowest BCUT2D eigenvalue weighted by molar-refractivity contribution is -0.127. The highest BCUT2D eigenvalue weighted by atomic mass is 127. The van der Waals surface area contributed by atoms with Crippen molar-refractivity contribution in [3.05, 3.63) is 35.4 Å². The zero-order valence-electron chi connectivity index (χ0n) is 16.7.